The molecule has 1 aromatic heterocycles. The first-order valence-corrected chi connectivity index (χ1v) is 12.0. The molecular formula is C21H21ClN2O5S2. The third-order valence-electron chi connectivity index (χ3n) is 4.22. The monoisotopic (exact) mass is 480 g/mol. The zero-order chi connectivity index (χ0) is 22.4. The normalized spacial score (nSPS) is 11.5. The van der Waals surface area contributed by atoms with E-state index in [2.05, 4.69) is 4.98 Å². The van der Waals surface area contributed by atoms with Crippen molar-refractivity contribution in [2.45, 2.75) is 18.4 Å². The minimum atomic E-state index is -3.82. The first-order chi connectivity index (χ1) is 14.8. The van der Waals surface area contributed by atoms with Crippen LogP contribution in [0.15, 0.2) is 58.8 Å². The van der Waals surface area contributed by atoms with Crippen molar-refractivity contribution in [3.05, 3.63) is 64.6 Å². The third kappa shape index (κ3) is 6.04. The van der Waals surface area contributed by atoms with Gasteiger partial charge in [-0.25, -0.2) is 13.4 Å². The fourth-order valence-corrected chi connectivity index (χ4v) is 4.67. The number of carbonyl (C=O) groups is 1. The molecule has 0 atom stereocenters. The van der Waals surface area contributed by atoms with E-state index in [1.165, 1.54) is 42.6 Å². The number of halogens is 1. The Morgan fingerprint density at radius 3 is 2.45 bits per heavy atom. The molecule has 0 radical (unpaired) electrons. The number of sulfonamides is 1. The van der Waals surface area contributed by atoms with Gasteiger partial charge in [-0.3, -0.25) is 4.79 Å². The molecule has 0 aliphatic rings. The highest BCUT2D eigenvalue weighted by molar-refractivity contribution is 7.89. The quantitative estimate of drug-likeness (QED) is 0.426. The van der Waals surface area contributed by atoms with Crippen molar-refractivity contribution >= 4 is 38.9 Å². The predicted octanol–water partition coefficient (Wildman–Crippen LogP) is 4.23. The van der Waals surface area contributed by atoms with Gasteiger partial charge in [-0.05, 0) is 55.5 Å². The summed E-state index contributed by atoms with van der Waals surface area (Å²) in [5.41, 5.74) is 1.52. The molecule has 1 heterocycles. The van der Waals surface area contributed by atoms with Crippen molar-refractivity contribution in [2.75, 3.05) is 20.2 Å². The second-order valence-electron chi connectivity index (χ2n) is 6.48. The van der Waals surface area contributed by atoms with Crippen LogP contribution < -0.4 is 4.74 Å². The Balaban J connectivity index is 1.55. The molecule has 0 aliphatic heterocycles. The standard InChI is InChI=1S/C21H21ClN2O5S2/c1-3-28-18-8-4-15(5-9-18)21-23-17(14-30-21)13-29-20(25)12-24(2)31(26,27)19-10-6-16(22)7-11-19/h4-11,14H,3,12-13H2,1-2H3. The molecule has 0 saturated carbocycles. The first-order valence-electron chi connectivity index (χ1n) is 9.34. The van der Waals surface area contributed by atoms with Crippen LogP contribution in [0.25, 0.3) is 10.6 Å². The predicted molar refractivity (Wildman–Crippen MR) is 120 cm³/mol. The minimum Gasteiger partial charge on any atom is -0.494 e. The van der Waals surface area contributed by atoms with Crippen molar-refractivity contribution in [1.82, 2.24) is 9.29 Å². The Morgan fingerprint density at radius 1 is 1.13 bits per heavy atom. The van der Waals surface area contributed by atoms with Gasteiger partial charge in [0, 0.05) is 23.0 Å². The molecule has 31 heavy (non-hydrogen) atoms. The molecule has 0 amide bonds. The van der Waals surface area contributed by atoms with E-state index in [0.717, 1.165) is 20.6 Å². The van der Waals surface area contributed by atoms with Crippen LogP contribution in [0.5, 0.6) is 5.75 Å². The number of esters is 1. The topological polar surface area (TPSA) is 85.8 Å². The van der Waals surface area contributed by atoms with E-state index in [1.54, 1.807) is 5.38 Å². The Labute approximate surface area is 190 Å². The Kier molecular flexibility index (Phi) is 7.66. The lowest BCUT2D eigenvalue weighted by Crippen LogP contribution is -2.33. The van der Waals surface area contributed by atoms with Gasteiger partial charge in [0.2, 0.25) is 10.0 Å². The van der Waals surface area contributed by atoms with Gasteiger partial charge in [0.05, 0.1) is 17.2 Å². The van der Waals surface area contributed by atoms with Gasteiger partial charge in [0.15, 0.2) is 0 Å². The van der Waals surface area contributed by atoms with Gasteiger partial charge in [-0.2, -0.15) is 4.31 Å². The maximum absolute atomic E-state index is 12.5. The Bertz CT molecular complexity index is 1130. The smallest absolute Gasteiger partial charge is 0.321 e. The summed E-state index contributed by atoms with van der Waals surface area (Å²) >= 11 is 7.22. The van der Waals surface area contributed by atoms with E-state index in [1.807, 2.05) is 31.2 Å². The molecule has 0 unspecified atom stereocenters. The Hall–Kier alpha value is -2.46. The zero-order valence-corrected chi connectivity index (χ0v) is 19.3. The van der Waals surface area contributed by atoms with E-state index in [-0.39, 0.29) is 11.5 Å². The summed E-state index contributed by atoms with van der Waals surface area (Å²) in [7, 11) is -2.51. The number of ether oxygens (including phenoxy) is 2. The third-order valence-corrected chi connectivity index (χ3v) is 7.23. The van der Waals surface area contributed by atoms with Crippen LogP contribution in [0, 0.1) is 0 Å². The van der Waals surface area contributed by atoms with E-state index in [9.17, 15) is 13.2 Å². The molecule has 164 valence electrons. The van der Waals surface area contributed by atoms with Crippen LogP contribution >= 0.6 is 22.9 Å². The highest BCUT2D eigenvalue weighted by Gasteiger charge is 2.23. The molecule has 3 rings (SSSR count). The van der Waals surface area contributed by atoms with Gasteiger partial charge in [-0.1, -0.05) is 11.6 Å². The van der Waals surface area contributed by atoms with Crippen molar-refractivity contribution in [3.8, 4) is 16.3 Å². The lowest BCUT2D eigenvalue weighted by molar-refractivity contribution is -0.145. The van der Waals surface area contributed by atoms with Crippen LogP contribution in [0.1, 0.15) is 12.6 Å². The molecule has 0 N–H and O–H groups in total. The van der Waals surface area contributed by atoms with Crippen LogP contribution in [-0.4, -0.2) is 43.9 Å². The summed E-state index contributed by atoms with van der Waals surface area (Å²) in [5.74, 6) is 0.116. The maximum atomic E-state index is 12.5. The minimum absolute atomic E-state index is 0.0405. The van der Waals surface area contributed by atoms with E-state index >= 15 is 0 Å². The van der Waals surface area contributed by atoms with Crippen LogP contribution in [-0.2, 0) is 26.2 Å². The van der Waals surface area contributed by atoms with Crippen LogP contribution in [0.4, 0.5) is 0 Å². The average Bonchev–Trinajstić information content (AvgIpc) is 3.22. The maximum Gasteiger partial charge on any atom is 0.321 e. The number of thiazole rings is 1. The van der Waals surface area contributed by atoms with Crippen LogP contribution in [0.3, 0.4) is 0 Å². The van der Waals surface area contributed by atoms with Gasteiger partial charge < -0.3 is 9.47 Å². The second-order valence-corrected chi connectivity index (χ2v) is 9.82. The number of carbonyl (C=O) groups excluding carboxylic acids is 1. The average molecular weight is 481 g/mol. The molecule has 3 aromatic rings. The number of rotatable bonds is 9. The van der Waals surface area contributed by atoms with Gasteiger partial charge in [0.25, 0.3) is 0 Å². The number of hydrogen-bond donors (Lipinski definition) is 0. The van der Waals surface area contributed by atoms with E-state index in [4.69, 9.17) is 21.1 Å². The fourth-order valence-electron chi connectivity index (χ4n) is 2.62. The lowest BCUT2D eigenvalue weighted by atomic mass is 10.2. The zero-order valence-electron chi connectivity index (χ0n) is 16.9. The lowest BCUT2D eigenvalue weighted by Gasteiger charge is -2.16. The molecule has 0 spiro atoms. The fraction of sp³-hybridized carbons (Fsp3) is 0.238. The van der Waals surface area contributed by atoms with Gasteiger partial charge in [-0.15, -0.1) is 11.3 Å². The number of hydrogen-bond acceptors (Lipinski definition) is 7. The van der Waals surface area contributed by atoms with E-state index in [0.29, 0.717) is 17.3 Å². The highest BCUT2D eigenvalue weighted by atomic mass is 35.5. The second kappa shape index (κ2) is 10.2. The van der Waals surface area contributed by atoms with Crippen molar-refractivity contribution in [3.63, 3.8) is 0 Å². The van der Waals surface area contributed by atoms with Gasteiger partial charge >= 0.3 is 5.97 Å². The molecule has 2 aromatic carbocycles. The number of nitrogens with zero attached hydrogens (tertiary/aromatic N) is 2. The number of benzene rings is 2. The number of aromatic nitrogens is 1. The Morgan fingerprint density at radius 2 is 1.81 bits per heavy atom. The van der Waals surface area contributed by atoms with Gasteiger partial charge in [0.1, 0.15) is 23.9 Å². The van der Waals surface area contributed by atoms with Crippen molar-refractivity contribution in [1.29, 1.82) is 0 Å². The summed E-state index contributed by atoms with van der Waals surface area (Å²) in [4.78, 5) is 16.7. The largest absolute Gasteiger partial charge is 0.494 e. The van der Waals surface area contributed by atoms with Crippen molar-refractivity contribution in [2.24, 2.45) is 0 Å². The first kappa shape index (κ1) is 23.2. The summed E-state index contributed by atoms with van der Waals surface area (Å²) in [5, 5.41) is 3.01. The molecular weight excluding hydrogens is 460 g/mol. The van der Waals surface area contributed by atoms with Crippen LogP contribution in [0.2, 0.25) is 5.02 Å². The molecule has 0 bridgehead atoms. The summed E-state index contributed by atoms with van der Waals surface area (Å²) < 4.78 is 36.6. The molecule has 0 fully saturated rings. The van der Waals surface area contributed by atoms with Crippen molar-refractivity contribution < 1.29 is 22.7 Å². The number of likely N-dealkylation sites (N-methyl/N-ethyl adjacent to an activating group) is 1. The summed E-state index contributed by atoms with van der Waals surface area (Å²) in [6.07, 6.45) is 0. The SMILES string of the molecule is CCOc1ccc(-c2nc(COC(=O)CN(C)S(=O)(=O)c3ccc(Cl)cc3)cs2)cc1. The molecule has 7 nitrogen and oxygen atoms in total. The molecule has 10 heteroatoms. The molecule has 0 aliphatic carbocycles. The summed E-state index contributed by atoms with van der Waals surface area (Å²) in [6, 6.07) is 13.3. The highest BCUT2D eigenvalue weighted by Crippen LogP contribution is 2.26. The molecule has 0 saturated heterocycles. The van der Waals surface area contributed by atoms with E-state index < -0.39 is 22.5 Å². The summed E-state index contributed by atoms with van der Waals surface area (Å²) in [6.45, 7) is 2.07.